The molecule has 2 aromatic rings. The molecule has 28 heavy (non-hydrogen) atoms. The monoisotopic (exact) mass is 381 g/mol. The van der Waals surface area contributed by atoms with Crippen LogP contribution in [0.3, 0.4) is 0 Å². The van der Waals surface area contributed by atoms with Gasteiger partial charge in [-0.05, 0) is 38.3 Å². The van der Waals surface area contributed by atoms with E-state index in [0.717, 1.165) is 12.0 Å². The molecule has 2 aliphatic heterocycles. The van der Waals surface area contributed by atoms with Gasteiger partial charge in [0.25, 0.3) is 5.91 Å². The van der Waals surface area contributed by atoms with Crippen molar-refractivity contribution in [2.45, 2.75) is 32.3 Å². The number of aliphatic hydroxyl groups excluding tert-OH is 1. The summed E-state index contributed by atoms with van der Waals surface area (Å²) in [5, 5.41) is 13.4. The second-order valence-electron chi connectivity index (χ2n) is 7.48. The highest BCUT2D eigenvalue weighted by Gasteiger charge is 2.50. The molecule has 2 N–H and O–H groups in total. The largest absolute Gasteiger partial charge is 0.392 e. The van der Waals surface area contributed by atoms with E-state index in [2.05, 4.69) is 20.3 Å². The van der Waals surface area contributed by atoms with E-state index < -0.39 is 11.5 Å². The average Bonchev–Trinajstić information content (AvgIpc) is 2.72. The van der Waals surface area contributed by atoms with Crippen molar-refractivity contribution in [3.63, 3.8) is 0 Å². The van der Waals surface area contributed by atoms with Crippen LogP contribution in [0.1, 0.15) is 35.3 Å². The maximum absolute atomic E-state index is 13.1. The Morgan fingerprint density at radius 2 is 2.25 bits per heavy atom. The first-order chi connectivity index (χ1) is 13.5. The smallest absolute Gasteiger partial charge is 0.257 e. The zero-order valence-corrected chi connectivity index (χ0v) is 15.8. The molecule has 0 aromatic carbocycles. The van der Waals surface area contributed by atoms with Crippen molar-refractivity contribution in [3.8, 4) is 11.4 Å². The quantitative estimate of drug-likeness (QED) is 0.802. The molecule has 0 bridgehead atoms. The van der Waals surface area contributed by atoms with Crippen molar-refractivity contribution in [1.82, 2.24) is 25.2 Å². The van der Waals surface area contributed by atoms with E-state index >= 15 is 0 Å². The fourth-order valence-electron chi connectivity index (χ4n) is 4.10. The van der Waals surface area contributed by atoms with E-state index in [1.54, 1.807) is 30.3 Å². The minimum atomic E-state index is -0.920. The molecule has 0 radical (unpaired) electrons. The zero-order chi connectivity index (χ0) is 19.7. The Bertz CT molecular complexity index is 904. The Hall–Kier alpha value is -2.87. The lowest BCUT2D eigenvalue weighted by atomic mass is 9.71. The summed E-state index contributed by atoms with van der Waals surface area (Å²) in [6.07, 6.45) is 5.91. The van der Waals surface area contributed by atoms with Crippen molar-refractivity contribution in [2.75, 3.05) is 19.6 Å². The molecule has 4 rings (SSSR count). The standard InChI is InChI=1S/C20H23N5O3/c1-13-15(11-23-17(24-13)14-4-2-7-21-10-14)18(27)25-9-5-16(26)20(12-25)6-3-8-22-19(20)28/h2,4,7,10-11,16,26H,3,5-6,8-9,12H2,1H3,(H,22,28)/t16-,20+/m0/s1. The Balaban J connectivity index is 1.58. The molecule has 2 amide bonds. The normalized spacial score (nSPS) is 24.9. The van der Waals surface area contributed by atoms with Gasteiger partial charge in [-0.3, -0.25) is 14.6 Å². The fraction of sp³-hybridized carbons (Fsp3) is 0.450. The maximum atomic E-state index is 13.1. The van der Waals surface area contributed by atoms with Gasteiger partial charge in [0, 0.05) is 43.8 Å². The average molecular weight is 381 g/mol. The van der Waals surface area contributed by atoms with Crippen LogP contribution >= 0.6 is 0 Å². The lowest BCUT2D eigenvalue weighted by Crippen LogP contribution is -2.62. The molecule has 0 unspecified atom stereocenters. The van der Waals surface area contributed by atoms with Gasteiger partial charge >= 0.3 is 0 Å². The van der Waals surface area contributed by atoms with E-state index in [1.165, 1.54) is 6.20 Å². The molecule has 8 nitrogen and oxygen atoms in total. The number of nitrogens with one attached hydrogen (secondary N) is 1. The summed E-state index contributed by atoms with van der Waals surface area (Å²) in [7, 11) is 0. The predicted octanol–water partition coefficient (Wildman–Crippen LogP) is 0.950. The third kappa shape index (κ3) is 3.13. The van der Waals surface area contributed by atoms with Gasteiger partial charge in [0.2, 0.25) is 5.91 Å². The van der Waals surface area contributed by atoms with Crippen LogP contribution in [0.15, 0.2) is 30.7 Å². The molecule has 8 heteroatoms. The van der Waals surface area contributed by atoms with Crippen molar-refractivity contribution in [2.24, 2.45) is 5.41 Å². The number of aliphatic hydroxyl groups is 1. The number of aromatic nitrogens is 3. The third-order valence-electron chi connectivity index (χ3n) is 5.74. The summed E-state index contributed by atoms with van der Waals surface area (Å²) in [4.78, 5) is 40.2. The van der Waals surface area contributed by atoms with Crippen LogP contribution in [0, 0.1) is 12.3 Å². The lowest BCUT2D eigenvalue weighted by molar-refractivity contribution is -0.147. The lowest BCUT2D eigenvalue weighted by Gasteiger charge is -2.46. The van der Waals surface area contributed by atoms with Crippen LogP contribution in [0.4, 0.5) is 0 Å². The Morgan fingerprint density at radius 3 is 2.96 bits per heavy atom. The van der Waals surface area contributed by atoms with Gasteiger partial charge < -0.3 is 15.3 Å². The molecule has 0 aliphatic carbocycles. The topological polar surface area (TPSA) is 108 Å². The van der Waals surface area contributed by atoms with Gasteiger partial charge in [0.1, 0.15) is 0 Å². The van der Waals surface area contributed by atoms with Crippen LogP contribution in [0.2, 0.25) is 0 Å². The van der Waals surface area contributed by atoms with Crippen molar-refractivity contribution < 1.29 is 14.7 Å². The SMILES string of the molecule is Cc1nc(-c2cccnc2)ncc1C(=O)N1CC[C@H](O)[C@@]2(CCCNC2=O)C1. The number of nitrogens with zero attached hydrogens (tertiary/aromatic N) is 4. The summed E-state index contributed by atoms with van der Waals surface area (Å²) < 4.78 is 0. The highest BCUT2D eigenvalue weighted by molar-refractivity contribution is 5.96. The summed E-state index contributed by atoms with van der Waals surface area (Å²) in [5.74, 6) is 0.142. The third-order valence-corrected chi connectivity index (χ3v) is 5.74. The van der Waals surface area contributed by atoms with Gasteiger partial charge in [-0.25, -0.2) is 9.97 Å². The summed E-state index contributed by atoms with van der Waals surface area (Å²) in [6.45, 7) is 3.00. The van der Waals surface area contributed by atoms with E-state index in [9.17, 15) is 14.7 Å². The number of carbonyl (C=O) groups is 2. The molecule has 2 saturated heterocycles. The van der Waals surface area contributed by atoms with Gasteiger partial charge in [0.05, 0.1) is 22.8 Å². The number of carbonyl (C=O) groups excluding carboxylic acids is 2. The van der Waals surface area contributed by atoms with Crippen LogP contribution in [-0.2, 0) is 4.79 Å². The van der Waals surface area contributed by atoms with Gasteiger partial charge in [0.15, 0.2) is 5.82 Å². The zero-order valence-electron chi connectivity index (χ0n) is 15.8. The second kappa shape index (κ2) is 7.27. The van der Waals surface area contributed by atoms with Crippen molar-refractivity contribution in [1.29, 1.82) is 0 Å². The number of amides is 2. The number of rotatable bonds is 2. The molecular formula is C20H23N5O3. The van der Waals surface area contributed by atoms with Gasteiger partial charge in [-0.1, -0.05) is 0 Å². The number of likely N-dealkylation sites (tertiary alicyclic amines) is 1. The Labute approximate surface area is 163 Å². The summed E-state index contributed by atoms with van der Waals surface area (Å²) in [6, 6.07) is 3.67. The first-order valence-electron chi connectivity index (χ1n) is 9.51. The summed E-state index contributed by atoms with van der Waals surface area (Å²) >= 11 is 0. The van der Waals surface area contributed by atoms with Gasteiger partial charge in [-0.15, -0.1) is 0 Å². The van der Waals surface area contributed by atoms with Crippen LogP contribution in [0.5, 0.6) is 0 Å². The van der Waals surface area contributed by atoms with E-state index in [0.29, 0.717) is 43.0 Å². The molecular weight excluding hydrogens is 358 g/mol. The van der Waals surface area contributed by atoms with Crippen molar-refractivity contribution >= 4 is 11.8 Å². The number of pyridine rings is 1. The first kappa shape index (κ1) is 18.5. The molecule has 2 fully saturated rings. The molecule has 2 aromatic heterocycles. The van der Waals surface area contributed by atoms with Crippen LogP contribution < -0.4 is 5.32 Å². The molecule has 0 saturated carbocycles. The fourth-order valence-corrected chi connectivity index (χ4v) is 4.10. The maximum Gasteiger partial charge on any atom is 0.257 e. The highest BCUT2D eigenvalue weighted by Crippen LogP contribution is 2.37. The number of piperidine rings is 2. The molecule has 2 atom stereocenters. The predicted molar refractivity (Wildman–Crippen MR) is 101 cm³/mol. The first-order valence-corrected chi connectivity index (χ1v) is 9.51. The van der Waals surface area contributed by atoms with Crippen LogP contribution in [0.25, 0.3) is 11.4 Å². The molecule has 2 aliphatic rings. The minimum absolute atomic E-state index is 0.163. The van der Waals surface area contributed by atoms with Crippen LogP contribution in [-0.4, -0.2) is 62.5 Å². The molecule has 1 spiro atoms. The number of hydrogen-bond acceptors (Lipinski definition) is 6. The second-order valence-corrected chi connectivity index (χ2v) is 7.48. The van der Waals surface area contributed by atoms with Crippen molar-refractivity contribution in [3.05, 3.63) is 42.0 Å². The Morgan fingerprint density at radius 1 is 1.39 bits per heavy atom. The summed E-state index contributed by atoms with van der Waals surface area (Å²) in [5.41, 5.74) is 0.849. The van der Waals surface area contributed by atoms with E-state index in [1.807, 2.05) is 6.07 Å². The van der Waals surface area contributed by atoms with E-state index in [-0.39, 0.29) is 18.4 Å². The number of hydrogen-bond donors (Lipinski definition) is 2. The molecule has 4 heterocycles. The minimum Gasteiger partial charge on any atom is -0.392 e. The highest BCUT2D eigenvalue weighted by atomic mass is 16.3. The van der Waals surface area contributed by atoms with E-state index in [4.69, 9.17) is 0 Å². The van der Waals surface area contributed by atoms with Gasteiger partial charge in [-0.2, -0.15) is 0 Å². The molecule has 146 valence electrons. The number of aryl methyl sites for hydroxylation is 1. The Kier molecular flexibility index (Phi) is 4.80.